The van der Waals surface area contributed by atoms with Crippen LogP contribution in [0.15, 0.2) is 58.2 Å². The van der Waals surface area contributed by atoms with Crippen molar-refractivity contribution in [1.29, 1.82) is 0 Å². The molecule has 7 heteroatoms. The number of carbonyl (C=O) groups is 2. The summed E-state index contributed by atoms with van der Waals surface area (Å²) in [5.74, 6) is -0.739. The van der Waals surface area contributed by atoms with Gasteiger partial charge in [-0.1, -0.05) is 30.3 Å². The third-order valence-electron chi connectivity index (χ3n) is 3.82. The van der Waals surface area contributed by atoms with Gasteiger partial charge in [0.2, 0.25) is 5.43 Å². The Bertz CT molecular complexity index is 900. The zero-order valence-electron chi connectivity index (χ0n) is 13.7. The summed E-state index contributed by atoms with van der Waals surface area (Å²) in [6.07, 6.45) is 0. The second-order valence-corrected chi connectivity index (χ2v) is 6.62. The van der Waals surface area contributed by atoms with Crippen LogP contribution in [0.2, 0.25) is 0 Å². The van der Waals surface area contributed by atoms with E-state index in [2.05, 4.69) is 5.32 Å². The molecular weight excluding hydrogens is 340 g/mol. The highest BCUT2D eigenvalue weighted by Crippen LogP contribution is 2.33. The van der Waals surface area contributed by atoms with E-state index in [0.717, 1.165) is 4.90 Å². The maximum atomic E-state index is 12.7. The van der Waals surface area contributed by atoms with Crippen LogP contribution >= 0.6 is 11.9 Å². The van der Waals surface area contributed by atoms with E-state index in [-0.39, 0.29) is 17.2 Å². The normalized spacial score (nSPS) is 16.9. The number of amides is 1. The van der Waals surface area contributed by atoms with Crippen LogP contribution in [0.3, 0.4) is 0 Å². The Balaban J connectivity index is 1.91. The molecule has 0 radical (unpaired) electrons. The predicted octanol–water partition coefficient (Wildman–Crippen LogP) is 2.20. The van der Waals surface area contributed by atoms with E-state index in [1.165, 1.54) is 31.2 Å². The highest BCUT2D eigenvalue weighted by molar-refractivity contribution is 7.97. The molecule has 3 rings (SSSR count). The predicted molar refractivity (Wildman–Crippen MR) is 96.1 cm³/mol. The fourth-order valence-electron chi connectivity index (χ4n) is 2.59. The lowest BCUT2D eigenvalue weighted by Crippen LogP contribution is -2.47. The van der Waals surface area contributed by atoms with Crippen LogP contribution in [0.25, 0.3) is 0 Å². The summed E-state index contributed by atoms with van der Waals surface area (Å²) in [5, 5.41) is 2.56. The second-order valence-electron chi connectivity index (χ2n) is 5.42. The summed E-state index contributed by atoms with van der Waals surface area (Å²) in [6.45, 7) is 0. The highest BCUT2D eigenvalue weighted by atomic mass is 32.2. The standard InChI is InChI=1S/C18H16N2O4S/c1-20-15(16(21)11-7-3-6-10-14(11)25-20)18(23)19-12-8-4-5-9-13(24-2)17(12)22/h3-10,15H,1-2H3,(H,19,22,23). The molecule has 1 aliphatic heterocycles. The van der Waals surface area contributed by atoms with Crippen molar-refractivity contribution in [3.8, 4) is 5.75 Å². The molecule has 0 aliphatic carbocycles. The molecule has 0 saturated heterocycles. The number of nitrogens with one attached hydrogen (secondary N) is 1. The van der Waals surface area contributed by atoms with Crippen molar-refractivity contribution in [1.82, 2.24) is 4.31 Å². The molecule has 25 heavy (non-hydrogen) atoms. The van der Waals surface area contributed by atoms with Crippen LogP contribution in [0.1, 0.15) is 10.4 Å². The average molecular weight is 356 g/mol. The van der Waals surface area contributed by atoms with E-state index in [1.54, 1.807) is 35.6 Å². The lowest BCUT2D eigenvalue weighted by molar-refractivity contribution is -0.118. The number of fused-ring (bicyclic) bond motifs is 1. The molecule has 2 aromatic carbocycles. The minimum atomic E-state index is -1.02. The number of rotatable bonds is 3. The van der Waals surface area contributed by atoms with Gasteiger partial charge in [0.05, 0.1) is 12.8 Å². The summed E-state index contributed by atoms with van der Waals surface area (Å²) in [6, 6.07) is 12.4. The molecule has 1 aliphatic rings. The first-order chi connectivity index (χ1) is 12.0. The summed E-state index contributed by atoms with van der Waals surface area (Å²) in [5.41, 5.74) is 0.126. The largest absolute Gasteiger partial charge is 0.493 e. The van der Waals surface area contributed by atoms with E-state index >= 15 is 0 Å². The number of anilines is 1. The van der Waals surface area contributed by atoms with E-state index in [9.17, 15) is 14.4 Å². The molecule has 1 atom stereocenters. The molecule has 1 amide bonds. The minimum Gasteiger partial charge on any atom is -0.493 e. The van der Waals surface area contributed by atoms with Gasteiger partial charge in [0.25, 0.3) is 5.91 Å². The van der Waals surface area contributed by atoms with Crippen LogP contribution < -0.4 is 15.5 Å². The zero-order chi connectivity index (χ0) is 18.0. The van der Waals surface area contributed by atoms with E-state index in [0.29, 0.717) is 5.56 Å². The van der Waals surface area contributed by atoms with E-state index in [1.807, 2.05) is 12.1 Å². The third-order valence-corrected chi connectivity index (χ3v) is 4.87. The van der Waals surface area contributed by atoms with Gasteiger partial charge < -0.3 is 10.1 Å². The topological polar surface area (TPSA) is 75.7 Å². The number of carbonyl (C=O) groups excluding carboxylic acids is 2. The quantitative estimate of drug-likeness (QED) is 0.671. The lowest BCUT2D eigenvalue weighted by Gasteiger charge is -2.30. The van der Waals surface area contributed by atoms with Crippen molar-refractivity contribution in [2.45, 2.75) is 10.9 Å². The van der Waals surface area contributed by atoms with Gasteiger partial charge in [-0.15, -0.1) is 0 Å². The summed E-state index contributed by atoms with van der Waals surface area (Å²) >= 11 is 1.32. The van der Waals surface area contributed by atoms with E-state index < -0.39 is 17.4 Å². The molecule has 1 N–H and O–H groups in total. The molecule has 2 aromatic rings. The molecule has 1 unspecified atom stereocenters. The molecule has 128 valence electrons. The van der Waals surface area contributed by atoms with Gasteiger partial charge in [-0.05, 0) is 37.2 Å². The monoisotopic (exact) mass is 356 g/mol. The Kier molecular flexibility index (Phi) is 4.87. The van der Waals surface area contributed by atoms with Gasteiger partial charge in [-0.3, -0.25) is 14.4 Å². The van der Waals surface area contributed by atoms with Crippen molar-refractivity contribution >= 4 is 29.3 Å². The number of ether oxygens (including phenoxy) is 1. The summed E-state index contributed by atoms with van der Waals surface area (Å²) < 4.78 is 6.60. The van der Waals surface area contributed by atoms with Gasteiger partial charge >= 0.3 is 0 Å². The number of hydrogen-bond donors (Lipinski definition) is 1. The van der Waals surface area contributed by atoms with Crippen LogP contribution in [0.5, 0.6) is 5.75 Å². The van der Waals surface area contributed by atoms with Crippen molar-refractivity contribution in [3.63, 3.8) is 0 Å². The zero-order valence-corrected chi connectivity index (χ0v) is 14.5. The summed E-state index contributed by atoms with van der Waals surface area (Å²) in [4.78, 5) is 38.5. The molecule has 0 saturated carbocycles. The minimum absolute atomic E-state index is 0.0666. The van der Waals surface area contributed by atoms with Gasteiger partial charge in [-0.25, -0.2) is 4.31 Å². The van der Waals surface area contributed by atoms with Gasteiger partial charge in [0.1, 0.15) is 0 Å². The molecule has 0 fully saturated rings. The number of benzene rings is 1. The number of likely N-dealkylation sites (N-methyl/N-ethyl adjacent to an activating group) is 1. The van der Waals surface area contributed by atoms with Crippen LogP contribution in [-0.2, 0) is 4.79 Å². The molecule has 0 aromatic heterocycles. The van der Waals surface area contributed by atoms with Crippen molar-refractivity contribution in [3.05, 3.63) is 64.3 Å². The number of ketones is 1. The SMILES string of the molecule is COc1ccccc(NC(=O)C2C(=O)c3ccccc3SN2C)c1=O. The Morgan fingerprint density at radius 3 is 2.56 bits per heavy atom. The molecular formula is C18H16N2O4S. The Morgan fingerprint density at radius 2 is 1.80 bits per heavy atom. The Labute approximate surface area is 148 Å². The van der Waals surface area contributed by atoms with Crippen LogP contribution in [0.4, 0.5) is 5.69 Å². The first-order valence-electron chi connectivity index (χ1n) is 7.55. The maximum Gasteiger partial charge on any atom is 0.250 e. The van der Waals surface area contributed by atoms with Gasteiger partial charge in [-0.2, -0.15) is 0 Å². The molecule has 6 nitrogen and oxygen atoms in total. The Morgan fingerprint density at radius 1 is 1.12 bits per heavy atom. The first-order valence-corrected chi connectivity index (χ1v) is 8.32. The molecule has 1 heterocycles. The first kappa shape index (κ1) is 17.2. The number of hydrogen-bond acceptors (Lipinski definition) is 6. The second kappa shape index (κ2) is 7.08. The number of Topliss-reactive ketones (excluding diaryl/α,β-unsaturated/α-hetero) is 1. The van der Waals surface area contributed by atoms with Gasteiger partial charge in [0.15, 0.2) is 17.6 Å². The maximum absolute atomic E-state index is 12.7. The van der Waals surface area contributed by atoms with Crippen LogP contribution in [-0.4, -0.2) is 36.2 Å². The lowest BCUT2D eigenvalue weighted by atomic mass is 10.0. The summed E-state index contributed by atoms with van der Waals surface area (Å²) in [7, 11) is 3.06. The molecule has 0 spiro atoms. The smallest absolute Gasteiger partial charge is 0.250 e. The Hall–Kier alpha value is -2.64. The highest BCUT2D eigenvalue weighted by Gasteiger charge is 2.37. The average Bonchev–Trinajstić information content (AvgIpc) is 2.76. The third kappa shape index (κ3) is 3.29. The fraction of sp³-hybridized carbons (Fsp3) is 0.167. The van der Waals surface area contributed by atoms with Gasteiger partial charge in [0, 0.05) is 10.5 Å². The van der Waals surface area contributed by atoms with Crippen LogP contribution in [0, 0.1) is 0 Å². The number of nitrogens with zero attached hydrogens (tertiary/aromatic N) is 1. The molecule has 0 bridgehead atoms. The van der Waals surface area contributed by atoms with Crippen molar-refractivity contribution in [2.24, 2.45) is 0 Å². The van der Waals surface area contributed by atoms with Crippen molar-refractivity contribution < 1.29 is 14.3 Å². The van der Waals surface area contributed by atoms with E-state index in [4.69, 9.17) is 4.74 Å². The number of methoxy groups -OCH3 is 1. The van der Waals surface area contributed by atoms with Crippen molar-refractivity contribution in [2.75, 3.05) is 19.5 Å². The fourth-order valence-corrected chi connectivity index (χ4v) is 3.61.